The molecule has 0 aromatic heterocycles. The van der Waals surface area contributed by atoms with Gasteiger partial charge in [0.25, 0.3) is 0 Å². The molecule has 1 nitrogen and oxygen atoms in total. The van der Waals surface area contributed by atoms with Crippen LogP contribution in [-0.4, -0.2) is 18.8 Å². The maximum absolute atomic E-state index is 2.37. The van der Waals surface area contributed by atoms with E-state index in [2.05, 4.69) is 67.4 Å². The SMILES string of the molecule is Cc1cccc(N(C)CC2Cc3ccccc3S2)c1. The lowest BCUT2D eigenvalue weighted by molar-refractivity contribution is 0.814. The average Bonchev–Trinajstić information content (AvgIpc) is 2.80. The van der Waals surface area contributed by atoms with E-state index in [9.17, 15) is 0 Å². The maximum atomic E-state index is 2.37. The Bertz CT molecular complexity index is 554. The fraction of sp³-hybridized carbons (Fsp3) is 0.294. The first-order valence-corrected chi connectivity index (χ1v) is 7.63. The summed E-state index contributed by atoms with van der Waals surface area (Å²) < 4.78 is 0. The number of benzene rings is 2. The average molecular weight is 269 g/mol. The van der Waals surface area contributed by atoms with E-state index in [0.29, 0.717) is 5.25 Å². The number of aryl methyl sites for hydroxylation is 1. The zero-order chi connectivity index (χ0) is 13.2. The number of thioether (sulfide) groups is 1. The second kappa shape index (κ2) is 5.30. The first-order valence-electron chi connectivity index (χ1n) is 6.75. The molecule has 0 saturated heterocycles. The molecule has 1 aliphatic heterocycles. The lowest BCUT2D eigenvalue weighted by atomic mass is 10.1. The van der Waals surface area contributed by atoms with Crippen molar-refractivity contribution in [3.8, 4) is 0 Å². The van der Waals surface area contributed by atoms with E-state index in [1.807, 2.05) is 11.8 Å². The van der Waals surface area contributed by atoms with Crippen LogP contribution >= 0.6 is 11.8 Å². The zero-order valence-corrected chi connectivity index (χ0v) is 12.3. The quantitative estimate of drug-likeness (QED) is 0.823. The van der Waals surface area contributed by atoms with Gasteiger partial charge in [-0.25, -0.2) is 0 Å². The van der Waals surface area contributed by atoms with E-state index >= 15 is 0 Å². The van der Waals surface area contributed by atoms with Crippen LogP contribution in [0.1, 0.15) is 11.1 Å². The molecular weight excluding hydrogens is 250 g/mol. The minimum Gasteiger partial charge on any atom is -0.373 e. The van der Waals surface area contributed by atoms with Crippen molar-refractivity contribution in [2.75, 3.05) is 18.5 Å². The second-order valence-corrected chi connectivity index (χ2v) is 6.61. The number of hydrogen-bond donors (Lipinski definition) is 0. The third-order valence-corrected chi connectivity index (χ3v) is 4.94. The van der Waals surface area contributed by atoms with Gasteiger partial charge in [0.1, 0.15) is 0 Å². The van der Waals surface area contributed by atoms with Gasteiger partial charge in [-0.2, -0.15) is 0 Å². The molecular formula is C17H19NS. The third-order valence-electron chi connectivity index (χ3n) is 3.63. The molecule has 3 rings (SSSR count). The van der Waals surface area contributed by atoms with Crippen molar-refractivity contribution in [2.45, 2.75) is 23.5 Å². The Hall–Kier alpha value is -1.41. The summed E-state index contributed by atoms with van der Waals surface area (Å²) in [6.07, 6.45) is 1.19. The molecule has 2 aromatic rings. The predicted molar refractivity (Wildman–Crippen MR) is 84.2 cm³/mol. The van der Waals surface area contributed by atoms with Crippen molar-refractivity contribution in [3.05, 3.63) is 59.7 Å². The number of fused-ring (bicyclic) bond motifs is 1. The highest BCUT2D eigenvalue weighted by molar-refractivity contribution is 8.00. The highest BCUT2D eigenvalue weighted by atomic mass is 32.2. The summed E-state index contributed by atoms with van der Waals surface area (Å²) >= 11 is 2.02. The third kappa shape index (κ3) is 2.79. The number of nitrogens with zero attached hydrogens (tertiary/aromatic N) is 1. The Morgan fingerprint density at radius 3 is 2.79 bits per heavy atom. The van der Waals surface area contributed by atoms with Gasteiger partial charge in [0.05, 0.1) is 0 Å². The summed E-state index contributed by atoms with van der Waals surface area (Å²) in [7, 11) is 2.19. The van der Waals surface area contributed by atoms with Gasteiger partial charge < -0.3 is 4.90 Å². The van der Waals surface area contributed by atoms with E-state index in [4.69, 9.17) is 0 Å². The summed E-state index contributed by atoms with van der Waals surface area (Å²) in [6, 6.07) is 17.5. The fourth-order valence-electron chi connectivity index (χ4n) is 2.63. The van der Waals surface area contributed by atoms with Gasteiger partial charge in [0.2, 0.25) is 0 Å². The zero-order valence-electron chi connectivity index (χ0n) is 11.5. The molecule has 0 saturated carbocycles. The van der Waals surface area contributed by atoms with Crippen LogP contribution in [0.15, 0.2) is 53.4 Å². The molecule has 1 unspecified atom stereocenters. The second-order valence-electron chi connectivity index (χ2n) is 5.27. The minimum atomic E-state index is 0.669. The minimum absolute atomic E-state index is 0.669. The van der Waals surface area contributed by atoms with Crippen molar-refractivity contribution >= 4 is 17.4 Å². The lowest BCUT2D eigenvalue weighted by Crippen LogP contribution is -2.26. The monoisotopic (exact) mass is 269 g/mol. The van der Waals surface area contributed by atoms with Crippen molar-refractivity contribution in [1.82, 2.24) is 0 Å². The van der Waals surface area contributed by atoms with Crippen LogP contribution in [0.3, 0.4) is 0 Å². The lowest BCUT2D eigenvalue weighted by Gasteiger charge is -2.23. The molecule has 1 heterocycles. The normalized spacial score (nSPS) is 17.3. The number of rotatable bonds is 3. The maximum Gasteiger partial charge on any atom is 0.0366 e. The Kier molecular flexibility index (Phi) is 3.52. The molecule has 1 aliphatic rings. The molecule has 0 aliphatic carbocycles. The van der Waals surface area contributed by atoms with Crippen LogP contribution in [0, 0.1) is 6.92 Å². The van der Waals surface area contributed by atoms with Crippen LogP contribution in [0.4, 0.5) is 5.69 Å². The Balaban J connectivity index is 1.67. The van der Waals surface area contributed by atoms with Crippen molar-refractivity contribution < 1.29 is 0 Å². The van der Waals surface area contributed by atoms with Crippen molar-refractivity contribution in [3.63, 3.8) is 0 Å². The smallest absolute Gasteiger partial charge is 0.0366 e. The summed E-state index contributed by atoms with van der Waals surface area (Å²) in [4.78, 5) is 3.83. The van der Waals surface area contributed by atoms with Crippen molar-refractivity contribution in [1.29, 1.82) is 0 Å². The number of hydrogen-bond acceptors (Lipinski definition) is 2. The number of anilines is 1. The standard InChI is InChI=1S/C17H19NS/c1-13-6-5-8-15(10-13)18(2)12-16-11-14-7-3-4-9-17(14)19-16/h3-10,16H,11-12H2,1-2H3. The summed E-state index contributed by atoms with van der Waals surface area (Å²) in [5.41, 5.74) is 4.15. The molecule has 0 fully saturated rings. The van der Waals surface area contributed by atoms with Gasteiger partial charge >= 0.3 is 0 Å². The predicted octanol–water partition coefficient (Wildman–Crippen LogP) is 4.15. The molecule has 2 aromatic carbocycles. The van der Waals surface area contributed by atoms with Crippen molar-refractivity contribution in [2.24, 2.45) is 0 Å². The molecule has 19 heavy (non-hydrogen) atoms. The molecule has 0 radical (unpaired) electrons. The van der Waals surface area contributed by atoms with E-state index in [1.165, 1.54) is 28.1 Å². The van der Waals surface area contributed by atoms with Crippen LogP contribution in [0.5, 0.6) is 0 Å². The summed E-state index contributed by atoms with van der Waals surface area (Å²) in [5.74, 6) is 0. The van der Waals surface area contributed by atoms with Gasteiger partial charge in [-0.3, -0.25) is 0 Å². The molecule has 0 spiro atoms. The van der Waals surface area contributed by atoms with Crippen LogP contribution in [-0.2, 0) is 6.42 Å². The Morgan fingerprint density at radius 1 is 1.16 bits per heavy atom. The Labute approximate surface area is 119 Å². The first kappa shape index (κ1) is 12.6. The first-order chi connectivity index (χ1) is 9.22. The summed E-state index contributed by atoms with van der Waals surface area (Å²) in [6.45, 7) is 3.25. The molecule has 1 atom stereocenters. The highest BCUT2D eigenvalue weighted by Gasteiger charge is 2.22. The van der Waals surface area contributed by atoms with Gasteiger partial charge in [-0.05, 0) is 42.7 Å². The van der Waals surface area contributed by atoms with Gasteiger partial charge in [0.15, 0.2) is 0 Å². The van der Waals surface area contributed by atoms with Crippen LogP contribution in [0.2, 0.25) is 0 Å². The van der Waals surface area contributed by atoms with Gasteiger partial charge in [0, 0.05) is 29.4 Å². The molecule has 0 bridgehead atoms. The van der Waals surface area contributed by atoms with E-state index < -0.39 is 0 Å². The summed E-state index contributed by atoms with van der Waals surface area (Å²) in [5, 5.41) is 0.669. The van der Waals surface area contributed by atoms with E-state index in [-0.39, 0.29) is 0 Å². The fourth-order valence-corrected chi connectivity index (χ4v) is 4.01. The van der Waals surface area contributed by atoms with Gasteiger partial charge in [-0.15, -0.1) is 11.8 Å². The van der Waals surface area contributed by atoms with E-state index in [1.54, 1.807) is 0 Å². The molecule has 98 valence electrons. The molecule has 2 heteroatoms. The van der Waals surface area contributed by atoms with E-state index in [0.717, 1.165) is 6.54 Å². The van der Waals surface area contributed by atoms with Crippen LogP contribution in [0.25, 0.3) is 0 Å². The molecule has 0 amide bonds. The topological polar surface area (TPSA) is 3.24 Å². The van der Waals surface area contributed by atoms with Gasteiger partial charge in [-0.1, -0.05) is 30.3 Å². The van der Waals surface area contributed by atoms with Crippen LogP contribution < -0.4 is 4.90 Å². The molecule has 0 N–H and O–H groups in total. The highest BCUT2D eigenvalue weighted by Crippen LogP contribution is 2.37. The Morgan fingerprint density at radius 2 is 2.00 bits per heavy atom. The largest absolute Gasteiger partial charge is 0.373 e.